The molecule has 1 aliphatic rings. The van der Waals surface area contributed by atoms with E-state index in [0.717, 1.165) is 17.1 Å². The summed E-state index contributed by atoms with van der Waals surface area (Å²) in [5.74, 6) is 1.40. The van der Waals surface area contributed by atoms with Crippen molar-refractivity contribution in [3.63, 3.8) is 0 Å². The van der Waals surface area contributed by atoms with Crippen LogP contribution in [-0.2, 0) is 31.9 Å². The number of alkyl halides is 6. The summed E-state index contributed by atoms with van der Waals surface area (Å²) < 4.78 is 84.3. The predicted molar refractivity (Wildman–Crippen MR) is 126 cm³/mol. The molecule has 3 aromatic rings. The molecule has 196 valence electrons. The monoisotopic (exact) mass is 522 g/mol. The smallest absolute Gasteiger partial charge is 0.416 e. The van der Waals surface area contributed by atoms with Gasteiger partial charge in [-0.15, -0.1) is 0 Å². The summed E-state index contributed by atoms with van der Waals surface area (Å²) in [6, 6.07) is 9.74. The number of halogens is 6. The Kier molecular flexibility index (Phi) is 7.23. The Morgan fingerprint density at radius 3 is 2.08 bits per heavy atom. The molecule has 0 fully saturated rings. The van der Waals surface area contributed by atoms with E-state index in [1.807, 2.05) is 25.1 Å². The maximum Gasteiger partial charge on any atom is 0.416 e. The van der Waals surface area contributed by atoms with Crippen LogP contribution in [-0.4, -0.2) is 36.3 Å². The number of benzene rings is 2. The highest BCUT2D eigenvalue weighted by molar-refractivity contribution is 5.94. The molecule has 10 heteroatoms. The molecule has 1 aliphatic heterocycles. The summed E-state index contributed by atoms with van der Waals surface area (Å²) in [5.41, 5.74) is -0.971. The van der Waals surface area contributed by atoms with Gasteiger partial charge in [0.2, 0.25) is 0 Å². The van der Waals surface area contributed by atoms with Gasteiger partial charge in [0.1, 0.15) is 11.5 Å². The third kappa shape index (κ3) is 6.43. The molecule has 0 saturated carbocycles. The normalized spacial score (nSPS) is 14.5. The number of carbonyl (C=O) groups excluding carboxylic acids is 1. The van der Waals surface area contributed by atoms with E-state index in [2.05, 4.69) is 0 Å². The minimum absolute atomic E-state index is 0.0904. The fourth-order valence-electron chi connectivity index (χ4n) is 4.13. The van der Waals surface area contributed by atoms with Crippen LogP contribution in [0, 0.1) is 0 Å². The molecule has 0 saturated heterocycles. The highest BCUT2D eigenvalue weighted by Gasteiger charge is 2.36. The van der Waals surface area contributed by atoms with Gasteiger partial charge in [0.25, 0.3) is 5.91 Å². The first kappa shape index (κ1) is 26.5. The van der Waals surface area contributed by atoms with E-state index < -0.39 is 23.5 Å². The molecular weight excluding hydrogens is 498 g/mol. The lowest BCUT2D eigenvalue weighted by molar-refractivity contribution is -0.143. The van der Waals surface area contributed by atoms with Crippen LogP contribution in [0.4, 0.5) is 26.3 Å². The summed E-state index contributed by atoms with van der Waals surface area (Å²) in [7, 11) is 3.88. The lowest BCUT2D eigenvalue weighted by atomic mass is 10.0. The average Bonchev–Trinajstić information content (AvgIpc) is 3.22. The molecule has 0 N–H and O–H groups in total. The van der Waals surface area contributed by atoms with E-state index in [1.54, 1.807) is 29.2 Å². The molecule has 1 aromatic heterocycles. The van der Waals surface area contributed by atoms with Crippen LogP contribution in [0.2, 0.25) is 0 Å². The van der Waals surface area contributed by atoms with E-state index in [9.17, 15) is 31.1 Å². The van der Waals surface area contributed by atoms with Crippen LogP contribution >= 0.6 is 0 Å². The zero-order chi connectivity index (χ0) is 27.0. The van der Waals surface area contributed by atoms with Gasteiger partial charge in [-0.05, 0) is 73.6 Å². The molecule has 0 aliphatic carbocycles. The Bertz CT molecular complexity index is 1270. The van der Waals surface area contributed by atoms with E-state index >= 15 is 0 Å². The Morgan fingerprint density at radius 2 is 1.51 bits per heavy atom. The summed E-state index contributed by atoms with van der Waals surface area (Å²) in [5, 5.41) is 0. The molecule has 37 heavy (non-hydrogen) atoms. The fourth-order valence-corrected chi connectivity index (χ4v) is 4.13. The molecule has 0 radical (unpaired) electrons. The average molecular weight is 522 g/mol. The predicted octanol–water partition coefficient (Wildman–Crippen LogP) is 6.75. The molecular formula is C27H24F6N2O2. The maximum atomic E-state index is 13.1. The first-order chi connectivity index (χ1) is 17.3. The highest BCUT2D eigenvalue weighted by Crippen LogP contribution is 2.36. The number of nitrogens with zero attached hydrogens (tertiary/aromatic N) is 2. The van der Waals surface area contributed by atoms with E-state index in [1.165, 1.54) is 12.2 Å². The zero-order valence-electron chi connectivity index (χ0n) is 20.1. The Labute approximate surface area is 209 Å². The quantitative estimate of drug-likeness (QED) is 0.275. The fraction of sp³-hybridized carbons (Fsp3) is 0.296. The van der Waals surface area contributed by atoms with Crippen molar-refractivity contribution in [1.82, 2.24) is 9.80 Å². The van der Waals surface area contributed by atoms with Crippen molar-refractivity contribution in [2.24, 2.45) is 0 Å². The molecule has 2 aromatic carbocycles. The molecule has 0 bridgehead atoms. The van der Waals surface area contributed by atoms with Crippen LogP contribution in [0.5, 0.6) is 0 Å². The maximum absolute atomic E-state index is 13.1. The van der Waals surface area contributed by atoms with Crippen LogP contribution < -0.4 is 0 Å². The van der Waals surface area contributed by atoms with Gasteiger partial charge >= 0.3 is 12.4 Å². The SMILES string of the molecule is CN(C)Cc1cc2c(o1)CN(C(=O)c1ccc(C=Cc3cc(C(F)(F)F)cc(C(F)(F)F)c3)cc1)CC2. The van der Waals surface area contributed by atoms with E-state index in [4.69, 9.17) is 4.42 Å². The second kappa shape index (κ2) is 10.1. The summed E-state index contributed by atoms with van der Waals surface area (Å²) in [6.07, 6.45) is -6.58. The Morgan fingerprint density at radius 1 is 0.919 bits per heavy atom. The lowest BCUT2D eigenvalue weighted by Gasteiger charge is -2.26. The molecule has 0 spiro atoms. The standard InChI is InChI=1S/C27H24F6N2O2/c1-34(2)15-23-13-20-9-10-35(16-24(20)37-23)25(36)19-7-5-17(6-8-19)3-4-18-11-21(26(28,29)30)14-22(12-18)27(31,32)33/h3-8,11-14H,9-10,15-16H2,1-2H3. The molecule has 0 atom stereocenters. The molecule has 1 amide bonds. The van der Waals surface area contributed by atoms with Crippen molar-refractivity contribution in [2.75, 3.05) is 20.6 Å². The second-order valence-corrected chi connectivity index (χ2v) is 9.17. The van der Waals surface area contributed by atoms with Crippen LogP contribution in [0.3, 0.4) is 0 Å². The first-order valence-electron chi connectivity index (χ1n) is 11.4. The van der Waals surface area contributed by atoms with Crippen molar-refractivity contribution in [3.05, 3.63) is 93.4 Å². The van der Waals surface area contributed by atoms with E-state index in [0.29, 0.717) is 49.3 Å². The summed E-state index contributed by atoms with van der Waals surface area (Å²) in [4.78, 5) is 16.7. The van der Waals surface area contributed by atoms with Crippen LogP contribution in [0.1, 0.15) is 49.7 Å². The second-order valence-electron chi connectivity index (χ2n) is 9.17. The number of furan rings is 1. The largest absolute Gasteiger partial charge is 0.463 e. The molecule has 0 unspecified atom stereocenters. The number of fused-ring (bicyclic) bond motifs is 1. The Balaban J connectivity index is 1.47. The number of carbonyl (C=O) groups is 1. The van der Waals surface area contributed by atoms with Crippen molar-refractivity contribution >= 4 is 18.1 Å². The van der Waals surface area contributed by atoms with Crippen molar-refractivity contribution in [1.29, 1.82) is 0 Å². The summed E-state index contributed by atoms with van der Waals surface area (Å²) in [6.45, 7) is 1.54. The third-order valence-corrected chi connectivity index (χ3v) is 5.93. The number of hydrogen-bond acceptors (Lipinski definition) is 3. The number of amides is 1. The highest BCUT2D eigenvalue weighted by atomic mass is 19.4. The molecule has 4 rings (SSSR count). The molecule has 4 nitrogen and oxygen atoms in total. The van der Waals surface area contributed by atoms with Crippen molar-refractivity contribution in [2.45, 2.75) is 31.9 Å². The van der Waals surface area contributed by atoms with Crippen molar-refractivity contribution in [3.8, 4) is 0 Å². The Hall–Kier alpha value is -3.53. The van der Waals surface area contributed by atoms with Crippen LogP contribution in [0.15, 0.2) is 52.9 Å². The van der Waals surface area contributed by atoms with Gasteiger partial charge in [-0.25, -0.2) is 0 Å². The van der Waals surface area contributed by atoms with Gasteiger partial charge in [-0.1, -0.05) is 24.3 Å². The van der Waals surface area contributed by atoms with Crippen LogP contribution in [0.25, 0.3) is 12.2 Å². The van der Waals surface area contributed by atoms with Gasteiger partial charge in [0, 0.05) is 12.1 Å². The van der Waals surface area contributed by atoms with E-state index in [-0.39, 0.29) is 17.5 Å². The first-order valence-corrected chi connectivity index (χ1v) is 11.4. The minimum atomic E-state index is -4.91. The van der Waals surface area contributed by atoms with Gasteiger partial charge in [-0.3, -0.25) is 4.79 Å². The van der Waals surface area contributed by atoms with Gasteiger partial charge < -0.3 is 14.2 Å². The lowest BCUT2D eigenvalue weighted by Crippen LogP contribution is -2.35. The molecule has 2 heterocycles. The number of hydrogen-bond donors (Lipinski definition) is 0. The zero-order valence-corrected chi connectivity index (χ0v) is 20.1. The van der Waals surface area contributed by atoms with Crippen molar-refractivity contribution < 1.29 is 35.6 Å². The van der Waals surface area contributed by atoms with Gasteiger partial charge in [-0.2, -0.15) is 26.3 Å². The van der Waals surface area contributed by atoms with Gasteiger partial charge in [0.15, 0.2) is 0 Å². The summed E-state index contributed by atoms with van der Waals surface area (Å²) >= 11 is 0. The minimum Gasteiger partial charge on any atom is -0.463 e. The third-order valence-electron chi connectivity index (χ3n) is 5.93. The van der Waals surface area contributed by atoms with Gasteiger partial charge in [0.05, 0.1) is 24.2 Å². The number of rotatable bonds is 5. The topological polar surface area (TPSA) is 36.7 Å².